The first kappa shape index (κ1) is 33.8. The SMILES string of the molecule is CNC(C)C(=O)NC(C(=O)N1CCCC1CN(CCc1ccc(F)cc1)C(=O)c1cn2cc(-c3ccccc3)ccc2n1)C(C)(C)C. The van der Waals surface area contributed by atoms with Gasteiger partial charge in [0.2, 0.25) is 11.8 Å². The van der Waals surface area contributed by atoms with Gasteiger partial charge < -0.3 is 24.8 Å². The Morgan fingerprint density at radius 3 is 2.40 bits per heavy atom. The van der Waals surface area contributed by atoms with Crippen LogP contribution in [-0.4, -0.2) is 81.7 Å². The topological polar surface area (TPSA) is 99.0 Å². The maximum absolute atomic E-state index is 14.2. The van der Waals surface area contributed by atoms with Gasteiger partial charge in [0.05, 0.1) is 6.04 Å². The Labute approximate surface area is 276 Å². The molecule has 10 heteroatoms. The minimum Gasteiger partial charge on any atom is -0.342 e. The van der Waals surface area contributed by atoms with Crippen LogP contribution >= 0.6 is 0 Å². The van der Waals surface area contributed by atoms with E-state index >= 15 is 0 Å². The van der Waals surface area contributed by atoms with Gasteiger partial charge in [0, 0.05) is 38.1 Å². The number of halogens is 1. The Morgan fingerprint density at radius 2 is 1.72 bits per heavy atom. The van der Waals surface area contributed by atoms with Gasteiger partial charge in [-0.1, -0.05) is 63.2 Å². The zero-order valence-corrected chi connectivity index (χ0v) is 27.9. The second-order valence-corrected chi connectivity index (χ2v) is 13.4. The molecule has 9 nitrogen and oxygen atoms in total. The van der Waals surface area contributed by atoms with Gasteiger partial charge in [0.25, 0.3) is 5.91 Å². The van der Waals surface area contributed by atoms with Crippen LogP contribution in [0.3, 0.4) is 0 Å². The highest BCUT2D eigenvalue weighted by Gasteiger charge is 2.41. The van der Waals surface area contributed by atoms with Crippen LogP contribution in [-0.2, 0) is 16.0 Å². The Morgan fingerprint density at radius 1 is 1.00 bits per heavy atom. The van der Waals surface area contributed by atoms with Crippen LogP contribution in [0.1, 0.15) is 56.6 Å². The molecular formula is C37H45FN6O3. The van der Waals surface area contributed by atoms with Gasteiger partial charge in [0.15, 0.2) is 0 Å². The fraction of sp³-hybridized carbons (Fsp3) is 0.405. The number of imidazole rings is 1. The largest absolute Gasteiger partial charge is 0.342 e. The Bertz CT molecular complexity index is 1700. The number of carbonyl (C=O) groups excluding carboxylic acids is 3. The third-order valence-electron chi connectivity index (χ3n) is 8.97. The third-order valence-corrected chi connectivity index (χ3v) is 8.97. The van der Waals surface area contributed by atoms with Crippen molar-refractivity contribution in [3.8, 4) is 11.1 Å². The van der Waals surface area contributed by atoms with Crippen LogP contribution in [0.5, 0.6) is 0 Å². The van der Waals surface area contributed by atoms with Crippen LogP contribution < -0.4 is 10.6 Å². The quantitative estimate of drug-likeness (QED) is 0.242. The minimum absolute atomic E-state index is 0.149. The van der Waals surface area contributed by atoms with E-state index < -0.39 is 17.5 Å². The standard InChI is InChI=1S/C37H45FN6O3/c1-25(39-5)34(45)41-33(37(2,3)4)36(47)44-20-9-12-30(44)23-42(21-19-26-13-16-29(38)17-14-26)35(46)31-24-43-22-28(15-18-32(43)40-31)27-10-7-6-8-11-27/h6-8,10-11,13-18,22,24-25,30,33,39H,9,12,19-21,23H2,1-5H3,(H,41,45). The predicted molar refractivity (Wildman–Crippen MR) is 181 cm³/mol. The van der Waals surface area contributed by atoms with E-state index in [9.17, 15) is 18.8 Å². The van der Waals surface area contributed by atoms with Crippen LogP contribution in [0, 0.1) is 11.2 Å². The van der Waals surface area contributed by atoms with Gasteiger partial charge >= 0.3 is 0 Å². The summed E-state index contributed by atoms with van der Waals surface area (Å²) in [5.41, 5.74) is 3.41. The molecule has 4 aromatic rings. The molecule has 248 valence electrons. The summed E-state index contributed by atoms with van der Waals surface area (Å²) in [6.07, 6.45) is 5.76. The normalized spacial score (nSPS) is 16.2. The van der Waals surface area contributed by atoms with Crippen molar-refractivity contribution in [3.05, 3.63) is 96.2 Å². The summed E-state index contributed by atoms with van der Waals surface area (Å²) in [5.74, 6) is -0.940. The second kappa shape index (κ2) is 14.5. The monoisotopic (exact) mass is 640 g/mol. The van der Waals surface area contributed by atoms with Crippen LogP contribution in [0.25, 0.3) is 16.8 Å². The average molecular weight is 641 g/mol. The Kier molecular flexibility index (Phi) is 10.4. The Hall–Kier alpha value is -4.57. The number of aromatic nitrogens is 2. The molecule has 3 atom stereocenters. The number of hydrogen-bond acceptors (Lipinski definition) is 5. The number of benzene rings is 2. The second-order valence-electron chi connectivity index (χ2n) is 13.4. The van der Waals surface area contributed by atoms with Crippen molar-refractivity contribution >= 4 is 23.4 Å². The van der Waals surface area contributed by atoms with Crippen LogP contribution in [0.4, 0.5) is 4.39 Å². The lowest BCUT2D eigenvalue weighted by Gasteiger charge is -2.37. The summed E-state index contributed by atoms with van der Waals surface area (Å²) < 4.78 is 15.5. The molecule has 1 aliphatic rings. The molecule has 47 heavy (non-hydrogen) atoms. The van der Waals surface area contributed by atoms with Crippen molar-refractivity contribution in [2.45, 2.75) is 65.1 Å². The highest BCUT2D eigenvalue weighted by Crippen LogP contribution is 2.27. The highest BCUT2D eigenvalue weighted by molar-refractivity contribution is 5.93. The molecule has 3 unspecified atom stereocenters. The van der Waals surface area contributed by atoms with E-state index in [0.29, 0.717) is 37.4 Å². The number of likely N-dealkylation sites (N-methyl/N-ethyl adjacent to an activating group) is 1. The number of nitrogens with one attached hydrogen (secondary N) is 2. The van der Waals surface area contributed by atoms with Crippen molar-refractivity contribution in [1.82, 2.24) is 29.8 Å². The smallest absolute Gasteiger partial charge is 0.274 e. The molecular weight excluding hydrogens is 595 g/mol. The number of pyridine rings is 1. The first-order chi connectivity index (χ1) is 22.4. The van der Waals surface area contributed by atoms with Crippen molar-refractivity contribution < 1.29 is 18.8 Å². The lowest BCUT2D eigenvalue weighted by Crippen LogP contribution is -2.59. The number of rotatable bonds is 11. The van der Waals surface area contributed by atoms with E-state index in [1.54, 1.807) is 37.2 Å². The third kappa shape index (κ3) is 8.05. The first-order valence-electron chi connectivity index (χ1n) is 16.3. The molecule has 0 saturated carbocycles. The Balaban J connectivity index is 1.40. The van der Waals surface area contributed by atoms with Gasteiger partial charge in [-0.15, -0.1) is 0 Å². The van der Waals surface area contributed by atoms with Crippen LogP contribution in [0.2, 0.25) is 0 Å². The van der Waals surface area contributed by atoms with Crippen LogP contribution in [0.15, 0.2) is 79.1 Å². The molecule has 0 bridgehead atoms. The maximum atomic E-state index is 14.2. The predicted octanol–water partition coefficient (Wildman–Crippen LogP) is 4.96. The van der Waals surface area contributed by atoms with Crippen molar-refractivity contribution in [2.24, 2.45) is 5.41 Å². The molecule has 5 rings (SSSR count). The summed E-state index contributed by atoms with van der Waals surface area (Å²) in [5, 5.41) is 5.91. The molecule has 0 aliphatic carbocycles. The number of likely N-dealkylation sites (tertiary alicyclic amines) is 1. The van der Waals surface area contributed by atoms with E-state index in [2.05, 4.69) is 15.6 Å². The van der Waals surface area contributed by atoms with Crippen molar-refractivity contribution in [3.63, 3.8) is 0 Å². The van der Waals surface area contributed by atoms with Gasteiger partial charge in [-0.3, -0.25) is 14.4 Å². The lowest BCUT2D eigenvalue weighted by molar-refractivity contribution is -0.140. The molecule has 2 aromatic carbocycles. The minimum atomic E-state index is -0.730. The van der Waals surface area contributed by atoms with E-state index in [1.807, 2.05) is 78.7 Å². The number of carbonyl (C=O) groups is 3. The van der Waals surface area contributed by atoms with E-state index in [0.717, 1.165) is 29.5 Å². The van der Waals surface area contributed by atoms with E-state index in [4.69, 9.17) is 0 Å². The van der Waals surface area contributed by atoms with Crippen molar-refractivity contribution in [2.75, 3.05) is 26.7 Å². The number of hydrogen-bond donors (Lipinski definition) is 2. The molecule has 0 spiro atoms. The molecule has 1 saturated heterocycles. The van der Waals surface area contributed by atoms with Gasteiger partial charge in [-0.25, -0.2) is 9.37 Å². The first-order valence-corrected chi connectivity index (χ1v) is 16.3. The van der Waals surface area contributed by atoms with E-state index in [1.165, 1.54) is 12.1 Å². The maximum Gasteiger partial charge on any atom is 0.274 e. The van der Waals surface area contributed by atoms with Crippen molar-refractivity contribution in [1.29, 1.82) is 0 Å². The van der Waals surface area contributed by atoms with Gasteiger partial charge in [0.1, 0.15) is 23.2 Å². The number of fused-ring (bicyclic) bond motifs is 1. The summed E-state index contributed by atoms with van der Waals surface area (Å²) in [6.45, 7) is 8.80. The molecule has 2 N–H and O–H groups in total. The highest BCUT2D eigenvalue weighted by atomic mass is 19.1. The molecule has 1 fully saturated rings. The molecule has 2 aromatic heterocycles. The summed E-state index contributed by atoms with van der Waals surface area (Å²) in [6, 6.07) is 18.8. The van der Waals surface area contributed by atoms with Gasteiger partial charge in [-0.2, -0.15) is 0 Å². The number of nitrogens with zero attached hydrogens (tertiary/aromatic N) is 4. The number of amides is 3. The summed E-state index contributed by atoms with van der Waals surface area (Å²) in [4.78, 5) is 49.4. The molecule has 3 amide bonds. The van der Waals surface area contributed by atoms with Gasteiger partial charge in [-0.05, 0) is 79.6 Å². The molecule has 1 aliphatic heterocycles. The van der Waals surface area contributed by atoms with E-state index in [-0.39, 0.29) is 29.6 Å². The average Bonchev–Trinajstić information content (AvgIpc) is 3.72. The molecule has 0 radical (unpaired) electrons. The fourth-order valence-electron chi connectivity index (χ4n) is 6.03. The zero-order valence-electron chi connectivity index (χ0n) is 27.9. The lowest BCUT2D eigenvalue weighted by atomic mass is 9.85. The molecule has 3 heterocycles. The fourth-order valence-corrected chi connectivity index (χ4v) is 6.03. The summed E-state index contributed by atoms with van der Waals surface area (Å²) in [7, 11) is 1.71. The summed E-state index contributed by atoms with van der Waals surface area (Å²) >= 11 is 0. The zero-order chi connectivity index (χ0) is 33.7.